The van der Waals surface area contributed by atoms with Gasteiger partial charge >= 0.3 is 0 Å². The lowest BCUT2D eigenvalue weighted by Gasteiger charge is -2.56. The van der Waals surface area contributed by atoms with Gasteiger partial charge in [-0.05, 0) is 85.3 Å². The highest BCUT2D eigenvalue weighted by Crippen LogP contribution is 2.61. The van der Waals surface area contributed by atoms with Gasteiger partial charge in [0.2, 0.25) is 0 Å². The first kappa shape index (κ1) is 20.4. The monoisotopic (exact) mass is 452 g/mol. The predicted octanol–water partition coefficient (Wildman–Crippen LogP) is 6.21. The average Bonchev–Trinajstić information content (AvgIpc) is 3.28. The summed E-state index contributed by atoms with van der Waals surface area (Å²) < 4.78 is 2.03. The summed E-state index contributed by atoms with van der Waals surface area (Å²) in [4.78, 5) is 18.2. The summed E-state index contributed by atoms with van der Waals surface area (Å²) in [6, 6.07) is 14.8. The number of nitrogens with zero attached hydrogens (tertiary/aromatic N) is 3. The maximum Gasteiger partial charge on any atom is 0.168 e. The van der Waals surface area contributed by atoms with Crippen LogP contribution in [0.5, 0.6) is 0 Å². The van der Waals surface area contributed by atoms with Gasteiger partial charge in [-0.2, -0.15) is 5.10 Å². The summed E-state index contributed by atoms with van der Waals surface area (Å²) in [5.41, 5.74) is 3.37. The molecule has 2 atom stereocenters. The van der Waals surface area contributed by atoms with Gasteiger partial charge in [-0.3, -0.25) is 9.78 Å². The highest BCUT2D eigenvalue weighted by atomic mass is 16.1. The van der Waals surface area contributed by atoms with Crippen LogP contribution in [-0.4, -0.2) is 20.5 Å². The minimum absolute atomic E-state index is 0.0521. The average molecular weight is 453 g/mol. The highest BCUT2D eigenvalue weighted by molar-refractivity contribution is 6.01. The third-order valence-corrected chi connectivity index (χ3v) is 9.13. The number of carbonyl (C=O) groups is 1. The maximum atomic E-state index is 13.8. The molecule has 5 heteroatoms. The van der Waals surface area contributed by atoms with Gasteiger partial charge in [-0.25, -0.2) is 4.68 Å². The molecule has 0 radical (unpaired) electrons. The third kappa shape index (κ3) is 3.40. The van der Waals surface area contributed by atoms with Crippen LogP contribution in [0.4, 0.5) is 5.82 Å². The first-order chi connectivity index (χ1) is 16.7. The van der Waals surface area contributed by atoms with Crippen molar-refractivity contribution in [3.63, 3.8) is 0 Å². The molecule has 5 nitrogen and oxygen atoms in total. The van der Waals surface area contributed by atoms with Crippen LogP contribution in [0.3, 0.4) is 0 Å². The zero-order valence-corrected chi connectivity index (χ0v) is 19.6. The fraction of sp³-hybridized carbons (Fsp3) is 0.483. The van der Waals surface area contributed by atoms with E-state index in [0.717, 1.165) is 41.1 Å². The molecule has 174 valence electrons. The fourth-order valence-corrected chi connectivity index (χ4v) is 8.19. The van der Waals surface area contributed by atoms with Gasteiger partial charge in [0.05, 0.1) is 23.8 Å². The van der Waals surface area contributed by atoms with Gasteiger partial charge in [0.15, 0.2) is 5.78 Å². The standard InChI is InChI=1S/C29H32N4O/c34-27(16-29-13-19-9-20(14-29)11-21(10-19)15-29)24-18-31-33-26(23-7-4-8-30-17-23)12-25(32-28(24)33)22-5-2-1-3-6-22/h1-8,17-21,25-26,32H,9-16H2. The molecule has 34 heavy (non-hydrogen) atoms. The SMILES string of the molecule is O=C(CC12CC3CC(CC(C3)C1)C2)c1cnn2c1NC(c1ccccc1)CC2c1cccnc1. The maximum absolute atomic E-state index is 13.8. The number of fused-ring (bicyclic) bond motifs is 1. The zero-order valence-electron chi connectivity index (χ0n) is 19.6. The second-order valence-corrected chi connectivity index (χ2v) is 11.5. The van der Waals surface area contributed by atoms with Gasteiger partial charge in [-0.15, -0.1) is 0 Å². The van der Waals surface area contributed by atoms with Crippen molar-refractivity contribution in [1.82, 2.24) is 14.8 Å². The highest BCUT2D eigenvalue weighted by Gasteiger charge is 2.51. The quantitative estimate of drug-likeness (QED) is 0.467. The van der Waals surface area contributed by atoms with Gasteiger partial charge in [0.1, 0.15) is 5.82 Å². The Labute approximate surface area is 201 Å². The van der Waals surface area contributed by atoms with E-state index in [0.29, 0.717) is 6.42 Å². The third-order valence-electron chi connectivity index (χ3n) is 9.13. The van der Waals surface area contributed by atoms with Gasteiger partial charge in [0.25, 0.3) is 0 Å². The number of Topliss-reactive ketones (excluding diaryl/α,β-unsaturated/α-hetero) is 1. The molecule has 8 rings (SSSR count). The Bertz CT molecular complexity index is 1170. The number of anilines is 1. The number of hydrogen-bond donors (Lipinski definition) is 1. The zero-order chi connectivity index (χ0) is 22.7. The number of hydrogen-bond acceptors (Lipinski definition) is 4. The Kier molecular flexibility index (Phi) is 4.68. The summed E-state index contributed by atoms with van der Waals surface area (Å²) in [5, 5.41) is 8.47. The van der Waals surface area contributed by atoms with Gasteiger partial charge in [0, 0.05) is 18.8 Å². The molecule has 1 aliphatic heterocycles. The Morgan fingerprint density at radius 1 is 0.912 bits per heavy atom. The number of aromatic nitrogens is 3. The molecule has 4 bridgehead atoms. The van der Waals surface area contributed by atoms with E-state index in [9.17, 15) is 4.79 Å². The lowest BCUT2D eigenvalue weighted by molar-refractivity contribution is -0.0524. The van der Waals surface area contributed by atoms with E-state index in [1.54, 1.807) is 0 Å². The number of nitrogens with one attached hydrogen (secondary N) is 1. The van der Waals surface area contributed by atoms with Crippen LogP contribution >= 0.6 is 0 Å². The summed E-state index contributed by atoms with van der Waals surface area (Å²) in [6.07, 6.45) is 15.1. The molecule has 5 aliphatic rings. The van der Waals surface area contributed by atoms with Crippen LogP contribution in [0.2, 0.25) is 0 Å². The van der Waals surface area contributed by atoms with Crippen molar-refractivity contribution in [3.05, 3.63) is 77.7 Å². The molecule has 3 aromatic rings. The van der Waals surface area contributed by atoms with Crippen molar-refractivity contribution in [2.24, 2.45) is 23.2 Å². The van der Waals surface area contributed by atoms with E-state index in [2.05, 4.69) is 46.7 Å². The van der Waals surface area contributed by atoms with E-state index in [1.807, 2.05) is 29.3 Å². The first-order valence-electron chi connectivity index (χ1n) is 13.0. The van der Waals surface area contributed by atoms with Crippen LogP contribution in [-0.2, 0) is 0 Å². The summed E-state index contributed by atoms with van der Waals surface area (Å²) >= 11 is 0. The Morgan fingerprint density at radius 3 is 2.29 bits per heavy atom. The van der Waals surface area contributed by atoms with Crippen molar-refractivity contribution in [3.8, 4) is 0 Å². The van der Waals surface area contributed by atoms with Crippen LogP contribution in [0.25, 0.3) is 0 Å². The van der Waals surface area contributed by atoms with E-state index in [-0.39, 0.29) is 23.3 Å². The van der Waals surface area contributed by atoms with E-state index in [1.165, 1.54) is 44.1 Å². The van der Waals surface area contributed by atoms with Crippen LogP contribution in [0.1, 0.15) is 84.9 Å². The van der Waals surface area contributed by atoms with Crippen molar-refractivity contribution >= 4 is 11.6 Å². The molecular weight excluding hydrogens is 420 g/mol. The molecule has 4 aliphatic carbocycles. The first-order valence-corrected chi connectivity index (χ1v) is 13.0. The van der Waals surface area contributed by atoms with E-state index < -0.39 is 0 Å². The fourth-order valence-electron chi connectivity index (χ4n) is 8.19. The van der Waals surface area contributed by atoms with Crippen molar-refractivity contribution in [1.29, 1.82) is 0 Å². The number of rotatable bonds is 5. The van der Waals surface area contributed by atoms with Crippen molar-refractivity contribution in [2.45, 2.75) is 63.5 Å². The second-order valence-electron chi connectivity index (χ2n) is 11.5. The van der Waals surface area contributed by atoms with Gasteiger partial charge in [-0.1, -0.05) is 36.4 Å². The minimum atomic E-state index is 0.0521. The molecule has 2 aromatic heterocycles. The van der Waals surface area contributed by atoms with Crippen molar-refractivity contribution < 1.29 is 4.79 Å². The van der Waals surface area contributed by atoms with Crippen molar-refractivity contribution in [2.75, 3.05) is 5.32 Å². The predicted molar refractivity (Wildman–Crippen MR) is 132 cm³/mol. The molecular formula is C29H32N4O. The molecule has 3 heterocycles. The lowest BCUT2D eigenvalue weighted by atomic mass is 9.48. The molecule has 0 amide bonds. The second kappa shape index (κ2) is 7.79. The summed E-state index contributed by atoms with van der Waals surface area (Å²) in [7, 11) is 0. The molecule has 1 N–H and O–H groups in total. The Morgan fingerprint density at radius 2 is 1.62 bits per heavy atom. The van der Waals surface area contributed by atoms with Crippen LogP contribution in [0, 0.1) is 23.2 Å². The van der Waals surface area contributed by atoms with Gasteiger partial charge < -0.3 is 5.32 Å². The molecule has 0 saturated heterocycles. The molecule has 4 fully saturated rings. The molecule has 1 aromatic carbocycles. The molecule has 2 unspecified atom stereocenters. The normalized spacial score (nSPS) is 33.4. The van der Waals surface area contributed by atoms with E-state index >= 15 is 0 Å². The smallest absolute Gasteiger partial charge is 0.168 e. The van der Waals surface area contributed by atoms with Crippen LogP contribution < -0.4 is 5.32 Å². The number of carbonyl (C=O) groups excluding carboxylic acids is 1. The van der Waals surface area contributed by atoms with E-state index in [4.69, 9.17) is 5.10 Å². The minimum Gasteiger partial charge on any atom is -0.363 e. The Balaban J connectivity index is 1.23. The molecule has 0 spiro atoms. The Hall–Kier alpha value is -2.95. The topological polar surface area (TPSA) is 59.8 Å². The number of pyridine rings is 1. The lowest BCUT2D eigenvalue weighted by Crippen LogP contribution is -2.46. The summed E-state index contributed by atoms with van der Waals surface area (Å²) in [6.45, 7) is 0. The largest absolute Gasteiger partial charge is 0.363 e. The summed E-state index contributed by atoms with van der Waals surface area (Å²) in [5.74, 6) is 3.72. The number of benzene rings is 1. The molecule has 4 saturated carbocycles. The van der Waals surface area contributed by atoms with Crippen LogP contribution in [0.15, 0.2) is 61.1 Å². The number of ketones is 1.